The summed E-state index contributed by atoms with van der Waals surface area (Å²) < 4.78 is 26.0. The van der Waals surface area contributed by atoms with Crippen molar-refractivity contribution >= 4 is 27.5 Å². The minimum atomic E-state index is -3.50. The maximum Gasteiger partial charge on any atom is 0.243 e. The fourth-order valence-electron chi connectivity index (χ4n) is 3.85. The number of sulfonamides is 1. The fourth-order valence-corrected chi connectivity index (χ4v) is 4.81. The Morgan fingerprint density at radius 1 is 0.971 bits per heavy atom. The molecule has 0 aliphatic heterocycles. The van der Waals surface area contributed by atoms with Gasteiger partial charge in [-0.2, -0.15) is 0 Å². The van der Waals surface area contributed by atoms with Crippen molar-refractivity contribution in [3.8, 4) is 0 Å². The zero-order chi connectivity index (χ0) is 26.0. The molecule has 7 nitrogen and oxygen atoms in total. The van der Waals surface area contributed by atoms with E-state index in [0.29, 0.717) is 25.1 Å². The molecule has 192 valence electrons. The summed E-state index contributed by atoms with van der Waals surface area (Å²) in [5.41, 5.74) is 2.63. The van der Waals surface area contributed by atoms with Crippen LogP contribution in [0.5, 0.6) is 0 Å². The molecule has 0 bridgehead atoms. The highest BCUT2D eigenvalue weighted by molar-refractivity contribution is 7.92. The number of para-hydroxylation sites is 1. The predicted molar refractivity (Wildman–Crippen MR) is 142 cm³/mol. The summed E-state index contributed by atoms with van der Waals surface area (Å²) in [6, 6.07) is 16.2. The minimum absolute atomic E-state index is 0.0158. The SMILES string of the molecule is CCC(C)NC(=O)C(CC)N(Cc1ccc(C)cc1)C(=O)CCCN(c1ccccc1)S(C)(=O)=O. The Balaban J connectivity index is 2.20. The van der Waals surface area contributed by atoms with Crippen LogP contribution in [0.25, 0.3) is 0 Å². The van der Waals surface area contributed by atoms with Gasteiger partial charge in [0.15, 0.2) is 0 Å². The van der Waals surface area contributed by atoms with Gasteiger partial charge in [-0.15, -0.1) is 0 Å². The number of nitrogens with zero attached hydrogens (tertiary/aromatic N) is 2. The first-order chi connectivity index (χ1) is 16.6. The number of amides is 2. The van der Waals surface area contributed by atoms with Gasteiger partial charge in [-0.1, -0.05) is 61.9 Å². The molecule has 1 N–H and O–H groups in total. The molecule has 0 aliphatic carbocycles. The molecule has 8 heteroatoms. The number of anilines is 1. The third kappa shape index (κ3) is 8.69. The standard InChI is InChI=1S/C27H39N3O4S/c1-6-22(4)28-27(32)25(7-2)29(20-23-17-15-21(3)16-18-23)26(31)14-11-19-30(35(5,33)34)24-12-9-8-10-13-24/h8-10,12-13,15-18,22,25H,6-7,11,14,19-20H2,1-5H3,(H,28,32). The largest absolute Gasteiger partial charge is 0.352 e. The number of carbonyl (C=O) groups excluding carboxylic acids is 2. The Bertz CT molecular complexity index is 1060. The van der Waals surface area contributed by atoms with Gasteiger partial charge in [-0.3, -0.25) is 13.9 Å². The van der Waals surface area contributed by atoms with Crippen LogP contribution in [0.3, 0.4) is 0 Å². The number of hydrogen-bond donors (Lipinski definition) is 1. The van der Waals surface area contributed by atoms with Crippen LogP contribution in [0.1, 0.15) is 57.6 Å². The Morgan fingerprint density at radius 2 is 1.60 bits per heavy atom. The van der Waals surface area contributed by atoms with E-state index in [4.69, 9.17) is 0 Å². The van der Waals surface area contributed by atoms with Gasteiger partial charge in [0.25, 0.3) is 0 Å². The van der Waals surface area contributed by atoms with Gasteiger partial charge in [0.05, 0.1) is 11.9 Å². The lowest BCUT2D eigenvalue weighted by Crippen LogP contribution is -2.50. The first-order valence-corrected chi connectivity index (χ1v) is 14.1. The second-order valence-corrected chi connectivity index (χ2v) is 10.9. The smallest absolute Gasteiger partial charge is 0.243 e. The zero-order valence-corrected chi connectivity index (χ0v) is 22.3. The number of benzene rings is 2. The van der Waals surface area contributed by atoms with E-state index in [-0.39, 0.29) is 30.8 Å². The summed E-state index contributed by atoms with van der Waals surface area (Å²) >= 11 is 0. The van der Waals surface area contributed by atoms with Crippen LogP contribution in [0.15, 0.2) is 54.6 Å². The lowest BCUT2D eigenvalue weighted by Gasteiger charge is -2.32. The van der Waals surface area contributed by atoms with Crippen molar-refractivity contribution in [2.24, 2.45) is 0 Å². The van der Waals surface area contributed by atoms with Crippen molar-refractivity contribution in [2.75, 3.05) is 17.1 Å². The van der Waals surface area contributed by atoms with Crippen molar-refractivity contribution in [3.05, 3.63) is 65.7 Å². The minimum Gasteiger partial charge on any atom is -0.352 e. The van der Waals surface area contributed by atoms with Crippen molar-refractivity contribution in [1.29, 1.82) is 0 Å². The van der Waals surface area contributed by atoms with Gasteiger partial charge in [0, 0.05) is 25.6 Å². The number of aryl methyl sites for hydroxylation is 1. The average molecular weight is 502 g/mol. The normalized spacial score (nSPS) is 13.1. The summed E-state index contributed by atoms with van der Waals surface area (Å²) in [5, 5.41) is 3.01. The Labute approximate surface area is 210 Å². The van der Waals surface area contributed by atoms with Crippen LogP contribution >= 0.6 is 0 Å². The lowest BCUT2D eigenvalue weighted by molar-refractivity contribution is -0.141. The Kier molecular flexibility index (Phi) is 10.8. The third-order valence-corrected chi connectivity index (χ3v) is 7.25. The van der Waals surface area contributed by atoms with Gasteiger partial charge in [0.2, 0.25) is 21.8 Å². The summed E-state index contributed by atoms with van der Waals surface area (Å²) in [6.07, 6.45) is 2.93. The van der Waals surface area contributed by atoms with Crippen LogP contribution in [-0.4, -0.2) is 50.0 Å². The van der Waals surface area contributed by atoms with Crippen molar-refractivity contribution in [3.63, 3.8) is 0 Å². The third-order valence-electron chi connectivity index (χ3n) is 6.06. The highest BCUT2D eigenvalue weighted by Crippen LogP contribution is 2.19. The summed E-state index contributed by atoms with van der Waals surface area (Å²) in [6.45, 7) is 8.35. The lowest BCUT2D eigenvalue weighted by atomic mass is 10.1. The topological polar surface area (TPSA) is 86.8 Å². The van der Waals surface area contributed by atoms with Crippen molar-refractivity contribution in [1.82, 2.24) is 10.2 Å². The van der Waals surface area contributed by atoms with Crippen LogP contribution in [0.4, 0.5) is 5.69 Å². The molecular formula is C27H39N3O4S. The van der Waals surface area contributed by atoms with Crippen LogP contribution in [0, 0.1) is 6.92 Å². The average Bonchev–Trinajstić information content (AvgIpc) is 2.82. The van der Waals surface area contributed by atoms with E-state index in [1.54, 1.807) is 29.2 Å². The molecule has 35 heavy (non-hydrogen) atoms. The molecule has 2 aromatic carbocycles. The molecule has 0 saturated heterocycles. The number of carbonyl (C=O) groups is 2. The highest BCUT2D eigenvalue weighted by Gasteiger charge is 2.29. The Morgan fingerprint density at radius 3 is 2.14 bits per heavy atom. The monoisotopic (exact) mass is 501 g/mol. The van der Waals surface area contributed by atoms with E-state index in [2.05, 4.69) is 5.32 Å². The number of nitrogens with one attached hydrogen (secondary N) is 1. The number of rotatable bonds is 13. The van der Waals surface area contributed by atoms with Crippen LogP contribution < -0.4 is 9.62 Å². The second-order valence-electron chi connectivity index (χ2n) is 9.02. The predicted octanol–water partition coefficient (Wildman–Crippen LogP) is 4.26. The maximum atomic E-state index is 13.4. The van der Waals surface area contributed by atoms with Crippen molar-refractivity contribution in [2.45, 2.75) is 72.0 Å². The van der Waals surface area contributed by atoms with E-state index in [9.17, 15) is 18.0 Å². The molecule has 2 aromatic rings. The van der Waals surface area contributed by atoms with E-state index >= 15 is 0 Å². The molecule has 0 radical (unpaired) electrons. The van der Waals surface area contributed by atoms with Gasteiger partial charge in [-0.25, -0.2) is 8.42 Å². The van der Waals surface area contributed by atoms with Gasteiger partial charge >= 0.3 is 0 Å². The molecule has 2 atom stereocenters. The van der Waals surface area contributed by atoms with Crippen molar-refractivity contribution < 1.29 is 18.0 Å². The van der Waals surface area contributed by atoms with E-state index < -0.39 is 16.1 Å². The molecule has 0 aliphatic rings. The summed E-state index contributed by atoms with van der Waals surface area (Å²) in [4.78, 5) is 28.1. The van der Waals surface area contributed by atoms with Crippen LogP contribution in [-0.2, 0) is 26.2 Å². The molecular weight excluding hydrogens is 462 g/mol. The van der Waals surface area contributed by atoms with Gasteiger partial charge < -0.3 is 10.2 Å². The molecule has 0 fully saturated rings. The first kappa shape index (κ1) is 28.4. The van der Waals surface area contributed by atoms with E-state index in [1.807, 2.05) is 58.0 Å². The molecule has 0 spiro atoms. The molecule has 0 saturated carbocycles. The van der Waals surface area contributed by atoms with E-state index in [1.165, 1.54) is 4.31 Å². The molecule has 2 unspecified atom stereocenters. The quantitative estimate of drug-likeness (QED) is 0.444. The molecule has 2 amide bonds. The fraction of sp³-hybridized carbons (Fsp3) is 0.481. The molecule has 0 heterocycles. The molecule has 0 aromatic heterocycles. The molecule has 2 rings (SSSR count). The second kappa shape index (κ2) is 13.3. The highest BCUT2D eigenvalue weighted by atomic mass is 32.2. The van der Waals surface area contributed by atoms with Gasteiger partial charge in [0.1, 0.15) is 6.04 Å². The van der Waals surface area contributed by atoms with Crippen LogP contribution in [0.2, 0.25) is 0 Å². The first-order valence-electron chi connectivity index (χ1n) is 12.2. The zero-order valence-electron chi connectivity index (χ0n) is 21.5. The summed E-state index contributed by atoms with van der Waals surface area (Å²) in [5.74, 6) is -0.331. The van der Waals surface area contributed by atoms with E-state index in [0.717, 1.165) is 23.8 Å². The number of hydrogen-bond acceptors (Lipinski definition) is 4. The Hall–Kier alpha value is -2.87. The summed E-state index contributed by atoms with van der Waals surface area (Å²) in [7, 11) is -3.50. The van der Waals surface area contributed by atoms with Gasteiger partial charge in [-0.05, 0) is 50.8 Å². The maximum absolute atomic E-state index is 13.4.